The zero-order valence-corrected chi connectivity index (χ0v) is 11.1. The molecule has 1 amide bonds. The first-order valence-electron chi connectivity index (χ1n) is 5.64. The normalized spacial score (nSPS) is 12.5. The topological polar surface area (TPSA) is 60.1 Å². The van der Waals surface area contributed by atoms with Crippen LogP contribution in [0.25, 0.3) is 0 Å². The summed E-state index contributed by atoms with van der Waals surface area (Å²) >= 11 is 5.65. The molecule has 2 rings (SSSR count). The van der Waals surface area contributed by atoms with Gasteiger partial charge in [0.25, 0.3) is 0 Å². The molecule has 2 aromatic rings. The summed E-state index contributed by atoms with van der Waals surface area (Å²) in [6.07, 6.45) is -0.849. The van der Waals surface area contributed by atoms with Crippen LogP contribution in [0.15, 0.2) is 41.8 Å². The Labute approximate surface area is 121 Å². The lowest BCUT2D eigenvalue weighted by atomic mass is 10.3. The Balaban J connectivity index is 2.35. The Hall–Kier alpha value is -2.22. The highest BCUT2D eigenvalue weighted by Crippen LogP contribution is 2.15. The summed E-state index contributed by atoms with van der Waals surface area (Å²) in [6, 6.07) is 4.72. The number of aromatic nitrogens is 3. The molecule has 21 heavy (non-hydrogen) atoms. The van der Waals surface area contributed by atoms with Crippen LogP contribution in [0.3, 0.4) is 0 Å². The van der Waals surface area contributed by atoms with Gasteiger partial charge in [0.1, 0.15) is 5.15 Å². The molecular weight excluding hydrogens is 309 g/mol. The van der Waals surface area contributed by atoms with E-state index in [2.05, 4.69) is 15.0 Å². The fourth-order valence-corrected chi connectivity index (χ4v) is 1.57. The van der Waals surface area contributed by atoms with Crippen molar-refractivity contribution in [3.05, 3.63) is 53.1 Å². The van der Waals surface area contributed by atoms with Crippen molar-refractivity contribution < 1.29 is 18.0 Å². The van der Waals surface area contributed by atoms with Crippen molar-refractivity contribution in [1.82, 2.24) is 14.5 Å². The molecule has 0 atom stereocenters. The number of pyridine rings is 1. The van der Waals surface area contributed by atoms with Crippen molar-refractivity contribution in [2.45, 2.75) is 12.7 Å². The Morgan fingerprint density at radius 1 is 1.33 bits per heavy atom. The van der Waals surface area contributed by atoms with Crippen molar-refractivity contribution in [1.29, 1.82) is 0 Å². The maximum atomic E-state index is 12.2. The summed E-state index contributed by atoms with van der Waals surface area (Å²) in [5.41, 5.74) is 0.336. The summed E-state index contributed by atoms with van der Waals surface area (Å²) in [5, 5.41) is 0.298. The van der Waals surface area contributed by atoms with E-state index >= 15 is 0 Å². The van der Waals surface area contributed by atoms with Gasteiger partial charge in [0.15, 0.2) is 0 Å². The standard InChI is InChI=1S/C12H8ClF3N4O/c13-9-3-2-8(6-18-9)7-20-5-1-4-17-11(20)19-10(21)12(14,15)16/h1-6H,7H2. The SMILES string of the molecule is O=C(N=c1ncccn1Cc1ccc(Cl)nc1)C(F)(F)F. The number of nitrogens with zero attached hydrogens (tertiary/aromatic N) is 4. The number of hydrogen-bond acceptors (Lipinski definition) is 3. The predicted molar refractivity (Wildman–Crippen MR) is 67.2 cm³/mol. The van der Waals surface area contributed by atoms with E-state index in [9.17, 15) is 18.0 Å². The van der Waals surface area contributed by atoms with Crippen LogP contribution in [0, 0.1) is 0 Å². The van der Waals surface area contributed by atoms with E-state index in [1.165, 1.54) is 29.2 Å². The van der Waals surface area contributed by atoms with E-state index in [0.29, 0.717) is 10.7 Å². The third-order valence-corrected chi connectivity index (χ3v) is 2.61. The second-order valence-corrected chi connectivity index (χ2v) is 4.34. The second-order valence-electron chi connectivity index (χ2n) is 3.95. The van der Waals surface area contributed by atoms with Gasteiger partial charge in [-0.05, 0) is 17.7 Å². The average molecular weight is 317 g/mol. The monoisotopic (exact) mass is 316 g/mol. The van der Waals surface area contributed by atoms with E-state index in [1.54, 1.807) is 12.1 Å². The Kier molecular flexibility index (Phi) is 4.37. The number of carbonyl (C=O) groups excluding carboxylic acids is 1. The van der Waals surface area contributed by atoms with Crippen LogP contribution in [0.2, 0.25) is 5.15 Å². The van der Waals surface area contributed by atoms with Crippen molar-refractivity contribution in [2.75, 3.05) is 0 Å². The van der Waals surface area contributed by atoms with Gasteiger partial charge in [-0.3, -0.25) is 4.79 Å². The lowest BCUT2D eigenvalue weighted by Crippen LogP contribution is -2.30. The maximum Gasteiger partial charge on any atom is 0.473 e. The number of carbonyl (C=O) groups is 1. The third kappa shape index (κ3) is 4.12. The average Bonchev–Trinajstić information content (AvgIpc) is 2.42. The van der Waals surface area contributed by atoms with Gasteiger partial charge in [-0.1, -0.05) is 17.7 Å². The van der Waals surface area contributed by atoms with E-state index in [1.807, 2.05) is 0 Å². The zero-order chi connectivity index (χ0) is 15.5. The number of hydrogen-bond donors (Lipinski definition) is 0. The van der Waals surface area contributed by atoms with Crippen LogP contribution >= 0.6 is 11.6 Å². The fraction of sp³-hybridized carbons (Fsp3) is 0.167. The van der Waals surface area contributed by atoms with Gasteiger partial charge in [-0.15, -0.1) is 0 Å². The zero-order valence-electron chi connectivity index (χ0n) is 10.4. The molecule has 0 fully saturated rings. The molecule has 0 saturated carbocycles. The predicted octanol–water partition coefficient (Wildman–Crippen LogP) is 1.97. The first-order chi connectivity index (χ1) is 9.86. The lowest BCUT2D eigenvalue weighted by Gasteiger charge is -2.06. The molecule has 0 unspecified atom stereocenters. The largest absolute Gasteiger partial charge is 0.473 e. The lowest BCUT2D eigenvalue weighted by molar-refractivity contribution is -0.169. The van der Waals surface area contributed by atoms with Crippen LogP contribution in [0.5, 0.6) is 0 Å². The quantitative estimate of drug-likeness (QED) is 0.796. The van der Waals surface area contributed by atoms with Crippen molar-refractivity contribution in [2.24, 2.45) is 4.99 Å². The van der Waals surface area contributed by atoms with Gasteiger partial charge < -0.3 is 4.57 Å². The molecular formula is C12H8ClF3N4O. The Morgan fingerprint density at radius 2 is 2.10 bits per heavy atom. The van der Waals surface area contributed by atoms with Gasteiger partial charge in [-0.25, -0.2) is 9.97 Å². The molecule has 2 heterocycles. The van der Waals surface area contributed by atoms with Crippen LogP contribution in [-0.4, -0.2) is 26.6 Å². The van der Waals surface area contributed by atoms with Gasteiger partial charge in [0.05, 0.1) is 6.54 Å². The maximum absolute atomic E-state index is 12.2. The number of alkyl halides is 3. The van der Waals surface area contributed by atoms with Gasteiger partial charge in [-0.2, -0.15) is 18.2 Å². The smallest absolute Gasteiger partial charge is 0.313 e. The van der Waals surface area contributed by atoms with E-state index in [4.69, 9.17) is 11.6 Å². The molecule has 0 aliphatic carbocycles. The molecule has 0 spiro atoms. The number of amides is 1. The molecule has 0 radical (unpaired) electrons. The highest BCUT2D eigenvalue weighted by Gasteiger charge is 2.38. The molecule has 0 aromatic carbocycles. The molecule has 2 aromatic heterocycles. The molecule has 0 aliphatic rings. The van der Waals surface area contributed by atoms with Crippen LogP contribution < -0.4 is 5.62 Å². The van der Waals surface area contributed by atoms with Crippen molar-refractivity contribution >= 4 is 17.5 Å². The molecule has 0 bridgehead atoms. The highest BCUT2D eigenvalue weighted by molar-refractivity contribution is 6.29. The van der Waals surface area contributed by atoms with Gasteiger partial charge in [0.2, 0.25) is 5.62 Å². The molecule has 0 N–H and O–H groups in total. The van der Waals surface area contributed by atoms with Crippen LogP contribution in [0.4, 0.5) is 13.2 Å². The summed E-state index contributed by atoms with van der Waals surface area (Å²) in [7, 11) is 0. The summed E-state index contributed by atoms with van der Waals surface area (Å²) in [4.78, 5) is 21.4. The molecule has 0 aliphatic heterocycles. The molecule has 0 saturated heterocycles. The minimum Gasteiger partial charge on any atom is -0.313 e. The van der Waals surface area contributed by atoms with Crippen molar-refractivity contribution in [3.63, 3.8) is 0 Å². The molecule has 5 nitrogen and oxygen atoms in total. The summed E-state index contributed by atoms with van der Waals surface area (Å²) in [6.45, 7) is 0.155. The number of halogens is 4. The van der Waals surface area contributed by atoms with Gasteiger partial charge in [0, 0.05) is 18.6 Å². The van der Waals surface area contributed by atoms with Gasteiger partial charge >= 0.3 is 12.1 Å². The second kappa shape index (κ2) is 6.04. The Morgan fingerprint density at radius 3 is 2.71 bits per heavy atom. The van der Waals surface area contributed by atoms with E-state index < -0.39 is 12.1 Å². The molecule has 9 heteroatoms. The summed E-state index contributed by atoms with van der Waals surface area (Å²) in [5.74, 6) is -2.20. The van der Waals surface area contributed by atoms with Crippen molar-refractivity contribution in [3.8, 4) is 0 Å². The third-order valence-electron chi connectivity index (χ3n) is 2.38. The molecule has 110 valence electrons. The Bertz CT molecular complexity index is 709. The van der Waals surface area contributed by atoms with E-state index in [0.717, 1.165) is 0 Å². The van der Waals surface area contributed by atoms with Crippen LogP contribution in [0.1, 0.15) is 5.56 Å². The summed E-state index contributed by atoms with van der Waals surface area (Å²) < 4.78 is 38.0. The number of rotatable bonds is 2. The highest BCUT2D eigenvalue weighted by atomic mass is 35.5. The minimum absolute atomic E-state index is 0.155. The van der Waals surface area contributed by atoms with Crippen LogP contribution in [-0.2, 0) is 11.3 Å². The fourth-order valence-electron chi connectivity index (χ4n) is 1.46. The first kappa shape index (κ1) is 15.2. The van der Waals surface area contributed by atoms with E-state index in [-0.39, 0.29) is 12.2 Å². The minimum atomic E-state index is -5.03. The first-order valence-corrected chi connectivity index (χ1v) is 6.02.